The summed E-state index contributed by atoms with van der Waals surface area (Å²) in [4.78, 5) is 15.7. The lowest BCUT2D eigenvalue weighted by Crippen LogP contribution is -2.32. The van der Waals surface area contributed by atoms with E-state index >= 15 is 0 Å². The van der Waals surface area contributed by atoms with E-state index in [1.165, 1.54) is 0 Å². The third-order valence-electron chi connectivity index (χ3n) is 2.90. The van der Waals surface area contributed by atoms with Crippen LogP contribution in [0.25, 0.3) is 0 Å². The molecule has 2 rings (SSSR count). The molecule has 0 radical (unpaired) electrons. The number of nitrogens with zero attached hydrogens (tertiary/aromatic N) is 1. The number of halogens is 1. The maximum Gasteiger partial charge on any atom is 0.254 e. The van der Waals surface area contributed by atoms with Crippen LogP contribution in [-0.4, -0.2) is 30.6 Å². The molecule has 0 aromatic carbocycles. The van der Waals surface area contributed by atoms with Crippen LogP contribution in [0.3, 0.4) is 0 Å². The fraction of sp³-hybridized carbons (Fsp3) is 0.500. The van der Waals surface area contributed by atoms with Gasteiger partial charge in [-0.3, -0.25) is 4.79 Å². The first-order valence-corrected chi connectivity index (χ1v) is 6.11. The molecule has 0 bridgehead atoms. The zero-order valence-corrected chi connectivity index (χ0v) is 10.2. The van der Waals surface area contributed by atoms with Crippen LogP contribution in [0.15, 0.2) is 18.3 Å². The molecule has 1 N–H and O–H groups in total. The lowest BCUT2D eigenvalue weighted by atomic mass is 10.0. The van der Waals surface area contributed by atoms with Gasteiger partial charge in [-0.15, -0.1) is 0 Å². The van der Waals surface area contributed by atoms with Crippen molar-refractivity contribution < 1.29 is 9.53 Å². The second kappa shape index (κ2) is 5.98. The Bertz CT molecular complexity index is 392. The molecular formula is C12H15ClN2O2. The Morgan fingerprint density at radius 1 is 1.53 bits per heavy atom. The van der Waals surface area contributed by atoms with Crippen molar-refractivity contribution >= 4 is 17.5 Å². The Morgan fingerprint density at radius 2 is 2.29 bits per heavy atom. The Hall–Kier alpha value is -1.13. The second-order valence-corrected chi connectivity index (χ2v) is 4.47. The normalized spacial score (nSPS) is 16.8. The van der Waals surface area contributed by atoms with Crippen LogP contribution in [0.2, 0.25) is 5.15 Å². The molecule has 1 aliphatic rings. The molecule has 17 heavy (non-hydrogen) atoms. The first-order chi connectivity index (χ1) is 8.27. The number of pyridine rings is 1. The number of aromatic nitrogens is 1. The average Bonchev–Trinajstić information content (AvgIpc) is 2.38. The Kier molecular flexibility index (Phi) is 4.34. The number of ether oxygens (including phenoxy) is 1. The SMILES string of the molecule is O=C(NCC1CCOCC1)c1cccnc1Cl. The van der Waals surface area contributed by atoms with Crippen LogP contribution in [0, 0.1) is 5.92 Å². The smallest absolute Gasteiger partial charge is 0.254 e. The van der Waals surface area contributed by atoms with Gasteiger partial charge in [0.05, 0.1) is 5.56 Å². The van der Waals surface area contributed by atoms with E-state index in [2.05, 4.69) is 10.3 Å². The van der Waals surface area contributed by atoms with Crippen LogP contribution < -0.4 is 5.32 Å². The molecule has 1 aromatic heterocycles. The van der Waals surface area contributed by atoms with Crippen molar-refractivity contribution in [2.75, 3.05) is 19.8 Å². The molecule has 1 saturated heterocycles. The lowest BCUT2D eigenvalue weighted by molar-refractivity contribution is 0.0642. The monoisotopic (exact) mass is 254 g/mol. The van der Waals surface area contributed by atoms with E-state index in [1.807, 2.05) is 0 Å². The van der Waals surface area contributed by atoms with Crippen molar-refractivity contribution in [2.45, 2.75) is 12.8 Å². The van der Waals surface area contributed by atoms with Crippen molar-refractivity contribution in [1.82, 2.24) is 10.3 Å². The molecule has 5 heteroatoms. The minimum atomic E-state index is -0.158. The maximum absolute atomic E-state index is 11.8. The van der Waals surface area contributed by atoms with Gasteiger partial charge in [0.2, 0.25) is 0 Å². The third kappa shape index (κ3) is 3.41. The summed E-state index contributed by atoms with van der Waals surface area (Å²) in [5.41, 5.74) is 0.432. The van der Waals surface area contributed by atoms with Gasteiger partial charge in [0, 0.05) is 26.0 Å². The van der Waals surface area contributed by atoms with E-state index in [9.17, 15) is 4.79 Å². The van der Waals surface area contributed by atoms with Crippen molar-refractivity contribution in [3.05, 3.63) is 29.0 Å². The minimum absolute atomic E-state index is 0.158. The predicted octanol–water partition coefficient (Wildman–Crippen LogP) is 1.89. The van der Waals surface area contributed by atoms with Gasteiger partial charge in [0.25, 0.3) is 5.91 Å². The highest BCUT2D eigenvalue weighted by atomic mass is 35.5. The first-order valence-electron chi connectivity index (χ1n) is 5.74. The van der Waals surface area contributed by atoms with E-state index in [0.29, 0.717) is 18.0 Å². The highest BCUT2D eigenvalue weighted by Gasteiger charge is 2.16. The standard InChI is InChI=1S/C12H15ClN2O2/c13-11-10(2-1-5-14-11)12(16)15-8-9-3-6-17-7-4-9/h1-2,5,9H,3-4,6-8H2,(H,15,16). The fourth-order valence-corrected chi connectivity index (χ4v) is 2.04. The number of nitrogens with one attached hydrogen (secondary N) is 1. The van der Waals surface area contributed by atoms with Crippen molar-refractivity contribution in [2.24, 2.45) is 5.92 Å². The number of rotatable bonds is 3. The Morgan fingerprint density at radius 3 is 3.00 bits per heavy atom. The summed E-state index contributed by atoms with van der Waals surface area (Å²) in [6, 6.07) is 3.38. The van der Waals surface area contributed by atoms with Gasteiger partial charge in [-0.2, -0.15) is 0 Å². The number of carbonyl (C=O) groups is 1. The molecule has 1 aliphatic heterocycles. The molecule has 0 unspecified atom stereocenters. The van der Waals surface area contributed by atoms with Gasteiger partial charge in [-0.25, -0.2) is 4.98 Å². The van der Waals surface area contributed by atoms with E-state index in [1.54, 1.807) is 18.3 Å². The number of hydrogen-bond donors (Lipinski definition) is 1. The molecule has 0 atom stereocenters. The Balaban J connectivity index is 1.87. The number of amides is 1. The fourth-order valence-electron chi connectivity index (χ4n) is 1.84. The quantitative estimate of drug-likeness (QED) is 0.838. The minimum Gasteiger partial charge on any atom is -0.381 e. The first kappa shape index (κ1) is 12.3. The largest absolute Gasteiger partial charge is 0.381 e. The Labute approximate surface area is 105 Å². The van der Waals surface area contributed by atoms with Gasteiger partial charge in [0.15, 0.2) is 0 Å². The molecule has 1 aromatic rings. The highest BCUT2D eigenvalue weighted by molar-refractivity contribution is 6.32. The van der Waals surface area contributed by atoms with Crippen molar-refractivity contribution in [3.63, 3.8) is 0 Å². The van der Waals surface area contributed by atoms with Gasteiger partial charge in [-0.1, -0.05) is 11.6 Å². The summed E-state index contributed by atoms with van der Waals surface area (Å²) in [7, 11) is 0. The predicted molar refractivity (Wildman–Crippen MR) is 65.1 cm³/mol. The maximum atomic E-state index is 11.8. The van der Waals surface area contributed by atoms with Gasteiger partial charge in [-0.05, 0) is 30.9 Å². The summed E-state index contributed by atoms with van der Waals surface area (Å²) in [6.45, 7) is 2.25. The van der Waals surface area contributed by atoms with Crippen LogP contribution >= 0.6 is 11.6 Å². The van der Waals surface area contributed by atoms with Crippen LogP contribution in [0.4, 0.5) is 0 Å². The zero-order chi connectivity index (χ0) is 12.1. The van der Waals surface area contributed by atoms with Crippen LogP contribution in [0.1, 0.15) is 23.2 Å². The zero-order valence-electron chi connectivity index (χ0n) is 9.49. The molecule has 1 amide bonds. The molecule has 0 spiro atoms. The number of hydrogen-bond acceptors (Lipinski definition) is 3. The third-order valence-corrected chi connectivity index (χ3v) is 3.20. The van der Waals surface area contributed by atoms with E-state index in [4.69, 9.17) is 16.3 Å². The average molecular weight is 255 g/mol. The van der Waals surface area contributed by atoms with Crippen LogP contribution in [-0.2, 0) is 4.74 Å². The highest BCUT2D eigenvalue weighted by Crippen LogP contribution is 2.15. The summed E-state index contributed by atoms with van der Waals surface area (Å²) in [5.74, 6) is 0.345. The number of carbonyl (C=O) groups excluding carboxylic acids is 1. The van der Waals surface area contributed by atoms with E-state index < -0.39 is 0 Å². The van der Waals surface area contributed by atoms with Crippen LogP contribution in [0.5, 0.6) is 0 Å². The molecule has 0 saturated carbocycles. The summed E-state index contributed by atoms with van der Waals surface area (Å²) < 4.78 is 5.27. The second-order valence-electron chi connectivity index (χ2n) is 4.11. The van der Waals surface area contributed by atoms with Crippen molar-refractivity contribution in [1.29, 1.82) is 0 Å². The molecular weight excluding hydrogens is 240 g/mol. The van der Waals surface area contributed by atoms with E-state index in [-0.39, 0.29) is 11.1 Å². The topological polar surface area (TPSA) is 51.2 Å². The van der Waals surface area contributed by atoms with Crippen molar-refractivity contribution in [3.8, 4) is 0 Å². The molecule has 0 aliphatic carbocycles. The molecule has 1 fully saturated rings. The summed E-state index contributed by atoms with van der Waals surface area (Å²) in [5, 5.41) is 3.14. The molecule has 4 nitrogen and oxygen atoms in total. The summed E-state index contributed by atoms with van der Waals surface area (Å²) >= 11 is 5.85. The van der Waals surface area contributed by atoms with Gasteiger partial charge in [0.1, 0.15) is 5.15 Å². The van der Waals surface area contributed by atoms with Gasteiger partial charge >= 0.3 is 0 Å². The summed E-state index contributed by atoms with van der Waals surface area (Å²) in [6.07, 6.45) is 3.57. The molecule has 2 heterocycles. The molecule has 92 valence electrons. The van der Waals surface area contributed by atoms with E-state index in [0.717, 1.165) is 26.1 Å². The lowest BCUT2D eigenvalue weighted by Gasteiger charge is -2.22. The van der Waals surface area contributed by atoms with Gasteiger partial charge < -0.3 is 10.1 Å².